The van der Waals surface area contributed by atoms with E-state index in [1.54, 1.807) is 6.92 Å². The third-order valence-electron chi connectivity index (χ3n) is 5.21. The van der Waals surface area contributed by atoms with Gasteiger partial charge in [-0.3, -0.25) is 4.79 Å². The summed E-state index contributed by atoms with van der Waals surface area (Å²) in [4.78, 5) is 25.8. The maximum absolute atomic E-state index is 13.3. The summed E-state index contributed by atoms with van der Waals surface area (Å²) in [5, 5.41) is 4.14. The number of aromatic nitrogens is 3. The molecule has 1 amide bonds. The van der Waals surface area contributed by atoms with Crippen LogP contribution >= 0.6 is 0 Å². The maximum Gasteiger partial charge on any atom is 0.259 e. The molecule has 162 valence electrons. The van der Waals surface area contributed by atoms with Gasteiger partial charge in [0.15, 0.2) is 0 Å². The van der Waals surface area contributed by atoms with Crippen molar-refractivity contribution in [2.45, 2.75) is 20.8 Å². The van der Waals surface area contributed by atoms with Crippen molar-refractivity contribution in [3.05, 3.63) is 54.0 Å². The van der Waals surface area contributed by atoms with E-state index >= 15 is 0 Å². The van der Waals surface area contributed by atoms with Crippen molar-refractivity contribution in [3.8, 4) is 17.1 Å². The predicted molar refractivity (Wildman–Crippen MR) is 117 cm³/mol. The molecule has 0 radical (unpaired) electrons. The van der Waals surface area contributed by atoms with Gasteiger partial charge in [-0.05, 0) is 12.8 Å². The largest absolute Gasteiger partial charge is 0.477 e. The van der Waals surface area contributed by atoms with E-state index in [9.17, 15) is 4.79 Å². The fraction of sp³-hybridized carbons (Fsp3) is 0.391. The molecule has 3 aromatic rings. The third kappa shape index (κ3) is 4.68. The van der Waals surface area contributed by atoms with Crippen LogP contribution in [0.2, 0.25) is 0 Å². The standard InChI is InChI=1S/C23H27N5O3/c1-16(2)14-30-20-13-19(24-15-25-20)27-9-11-28(12-10-27)23(29)21-17(3)31-26-22(21)18-7-5-4-6-8-18/h4-8,13,15-16H,9-12,14H2,1-3H3. The molecule has 0 N–H and O–H groups in total. The van der Waals surface area contributed by atoms with Gasteiger partial charge >= 0.3 is 0 Å². The van der Waals surface area contributed by atoms with Crippen LogP contribution in [0.5, 0.6) is 5.88 Å². The van der Waals surface area contributed by atoms with E-state index in [0.29, 0.717) is 61.6 Å². The average molecular weight is 422 g/mol. The monoisotopic (exact) mass is 421 g/mol. The molecule has 31 heavy (non-hydrogen) atoms. The van der Waals surface area contributed by atoms with Gasteiger partial charge in [-0.25, -0.2) is 9.97 Å². The summed E-state index contributed by atoms with van der Waals surface area (Å²) in [5.41, 5.74) is 2.00. The SMILES string of the molecule is Cc1onc(-c2ccccc2)c1C(=O)N1CCN(c2cc(OCC(C)C)ncn2)CC1. The second kappa shape index (κ2) is 9.16. The molecule has 0 bridgehead atoms. The number of carbonyl (C=O) groups excluding carboxylic acids is 1. The summed E-state index contributed by atoms with van der Waals surface area (Å²) < 4.78 is 11.1. The van der Waals surface area contributed by atoms with Crippen LogP contribution in [0.3, 0.4) is 0 Å². The van der Waals surface area contributed by atoms with E-state index in [4.69, 9.17) is 9.26 Å². The molecule has 8 nitrogen and oxygen atoms in total. The Morgan fingerprint density at radius 3 is 2.58 bits per heavy atom. The molecule has 4 rings (SSSR count). The van der Waals surface area contributed by atoms with E-state index in [1.165, 1.54) is 6.33 Å². The number of ether oxygens (including phenoxy) is 1. The lowest BCUT2D eigenvalue weighted by atomic mass is 10.0. The number of benzene rings is 1. The molecular formula is C23H27N5O3. The first-order valence-corrected chi connectivity index (χ1v) is 10.5. The highest BCUT2D eigenvalue weighted by atomic mass is 16.5. The first-order chi connectivity index (χ1) is 15.0. The Morgan fingerprint density at radius 1 is 1.13 bits per heavy atom. The number of aryl methyl sites for hydroxylation is 1. The third-order valence-corrected chi connectivity index (χ3v) is 5.21. The zero-order valence-corrected chi connectivity index (χ0v) is 18.1. The molecule has 1 aromatic carbocycles. The molecule has 0 unspecified atom stereocenters. The number of carbonyl (C=O) groups is 1. The molecule has 1 aliphatic heterocycles. The fourth-order valence-electron chi connectivity index (χ4n) is 3.55. The van der Waals surface area contributed by atoms with Crippen molar-refractivity contribution in [2.75, 3.05) is 37.7 Å². The first kappa shape index (κ1) is 20.8. The normalized spacial score (nSPS) is 14.2. The number of piperazine rings is 1. The molecule has 1 aliphatic rings. The van der Waals surface area contributed by atoms with E-state index in [1.807, 2.05) is 41.3 Å². The molecule has 1 fully saturated rings. The van der Waals surface area contributed by atoms with Crippen LogP contribution in [0.15, 0.2) is 47.2 Å². The van der Waals surface area contributed by atoms with Crippen molar-refractivity contribution in [3.63, 3.8) is 0 Å². The van der Waals surface area contributed by atoms with Gasteiger partial charge in [0, 0.05) is 37.8 Å². The van der Waals surface area contributed by atoms with Crippen LogP contribution in [0, 0.1) is 12.8 Å². The summed E-state index contributed by atoms with van der Waals surface area (Å²) in [5.74, 6) is 2.29. The summed E-state index contributed by atoms with van der Waals surface area (Å²) in [7, 11) is 0. The van der Waals surface area contributed by atoms with Crippen molar-refractivity contribution in [2.24, 2.45) is 5.92 Å². The number of amides is 1. The van der Waals surface area contributed by atoms with Gasteiger partial charge in [0.2, 0.25) is 5.88 Å². The first-order valence-electron chi connectivity index (χ1n) is 10.5. The van der Waals surface area contributed by atoms with Gasteiger partial charge in [0.25, 0.3) is 5.91 Å². The van der Waals surface area contributed by atoms with Gasteiger partial charge in [-0.2, -0.15) is 0 Å². The van der Waals surface area contributed by atoms with E-state index in [-0.39, 0.29) is 5.91 Å². The van der Waals surface area contributed by atoms with Crippen molar-refractivity contribution >= 4 is 11.7 Å². The van der Waals surface area contributed by atoms with Crippen LogP contribution in [0.4, 0.5) is 5.82 Å². The highest BCUT2D eigenvalue weighted by Crippen LogP contribution is 2.27. The van der Waals surface area contributed by atoms with Crippen LogP contribution in [0.25, 0.3) is 11.3 Å². The Morgan fingerprint density at radius 2 is 1.87 bits per heavy atom. The Kier molecular flexibility index (Phi) is 6.16. The smallest absolute Gasteiger partial charge is 0.259 e. The van der Waals surface area contributed by atoms with Crippen LogP contribution < -0.4 is 9.64 Å². The second-order valence-corrected chi connectivity index (χ2v) is 8.03. The quantitative estimate of drug-likeness (QED) is 0.603. The van der Waals surface area contributed by atoms with E-state index < -0.39 is 0 Å². The van der Waals surface area contributed by atoms with Gasteiger partial charge in [0.05, 0.1) is 6.61 Å². The van der Waals surface area contributed by atoms with Crippen LogP contribution in [0.1, 0.15) is 30.0 Å². The molecular weight excluding hydrogens is 394 g/mol. The molecule has 2 aromatic heterocycles. The fourth-order valence-corrected chi connectivity index (χ4v) is 3.55. The number of hydrogen-bond acceptors (Lipinski definition) is 7. The minimum Gasteiger partial charge on any atom is -0.477 e. The summed E-state index contributed by atoms with van der Waals surface area (Å²) in [6.45, 7) is 9.11. The zero-order valence-electron chi connectivity index (χ0n) is 18.1. The molecule has 3 heterocycles. The predicted octanol–water partition coefficient (Wildman–Crippen LogP) is 3.44. The van der Waals surface area contributed by atoms with E-state index in [2.05, 4.69) is 33.9 Å². The maximum atomic E-state index is 13.3. The van der Waals surface area contributed by atoms with E-state index in [0.717, 1.165) is 11.4 Å². The molecule has 0 aliphatic carbocycles. The number of rotatable bonds is 6. The lowest BCUT2D eigenvalue weighted by Gasteiger charge is -2.35. The molecule has 8 heteroatoms. The van der Waals surface area contributed by atoms with Gasteiger partial charge in [-0.1, -0.05) is 49.3 Å². The minimum atomic E-state index is -0.0547. The molecule has 0 spiro atoms. The van der Waals surface area contributed by atoms with Gasteiger partial charge < -0.3 is 19.1 Å². The summed E-state index contributed by atoms with van der Waals surface area (Å²) in [6.07, 6.45) is 1.52. The molecule has 0 atom stereocenters. The Balaban J connectivity index is 1.44. The Labute approximate surface area is 181 Å². The molecule has 0 saturated carbocycles. The summed E-state index contributed by atoms with van der Waals surface area (Å²) in [6, 6.07) is 11.5. The lowest BCUT2D eigenvalue weighted by molar-refractivity contribution is 0.0745. The second-order valence-electron chi connectivity index (χ2n) is 8.03. The van der Waals surface area contributed by atoms with Crippen molar-refractivity contribution in [1.82, 2.24) is 20.0 Å². The minimum absolute atomic E-state index is 0.0547. The summed E-state index contributed by atoms with van der Waals surface area (Å²) >= 11 is 0. The Bertz CT molecular complexity index is 1030. The lowest BCUT2D eigenvalue weighted by Crippen LogP contribution is -2.49. The van der Waals surface area contributed by atoms with Gasteiger partial charge in [0.1, 0.15) is 29.2 Å². The molecule has 1 saturated heterocycles. The van der Waals surface area contributed by atoms with Crippen LogP contribution in [-0.4, -0.2) is 58.7 Å². The van der Waals surface area contributed by atoms with Crippen molar-refractivity contribution in [1.29, 1.82) is 0 Å². The Hall–Kier alpha value is -3.42. The number of hydrogen-bond donors (Lipinski definition) is 0. The van der Waals surface area contributed by atoms with Gasteiger partial charge in [-0.15, -0.1) is 0 Å². The highest BCUT2D eigenvalue weighted by Gasteiger charge is 2.29. The topological polar surface area (TPSA) is 84.6 Å². The average Bonchev–Trinajstić information content (AvgIpc) is 3.19. The zero-order chi connectivity index (χ0) is 21.8. The number of nitrogens with zero attached hydrogens (tertiary/aromatic N) is 5. The number of anilines is 1. The highest BCUT2D eigenvalue weighted by molar-refractivity contribution is 6.00. The van der Waals surface area contributed by atoms with Crippen LogP contribution in [-0.2, 0) is 0 Å². The van der Waals surface area contributed by atoms with Crippen molar-refractivity contribution < 1.29 is 14.1 Å².